The van der Waals surface area contributed by atoms with Crippen molar-refractivity contribution in [3.05, 3.63) is 29.1 Å². The molecule has 5 nitrogen and oxygen atoms in total. The number of benzene rings is 1. The molecule has 1 aliphatic rings. The number of nitrogens with one attached hydrogen (secondary N) is 1. The van der Waals surface area contributed by atoms with Gasteiger partial charge in [-0.15, -0.1) is 11.3 Å². The number of hydrogen-bond acceptors (Lipinski definition) is 4. The predicted molar refractivity (Wildman–Crippen MR) is 102 cm³/mol. The number of rotatable bonds is 5. The summed E-state index contributed by atoms with van der Waals surface area (Å²) in [5.74, 6) is 0.104. The first-order chi connectivity index (χ1) is 11.8. The summed E-state index contributed by atoms with van der Waals surface area (Å²) >= 11 is 1.42. The minimum absolute atomic E-state index is 0.00468. The van der Waals surface area contributed by atoms with Gasteiger partial charge in [0, 0.05) is 30.1 Å². The molecule has 0 unspecified atom stereocenters. The number of aromatic nitrogens is 1. The van der Waals surface area contributed by atoms with Gasteiger partial charge in [-0.2, -0.15) is 0 Å². The van der Waals surface area contributed by atoms with Gasteiger partial charge < -0.3 is 10.2 Å². The van der Waals surface area contributed by atoms with E-state index >= 15 is 0 Å². The number of amides is 2. The number of nitrogens with zero attached hydrogens (tertiary/aromatic N) is 2. The molecule has 132 valence electrons. The second-order valence-electron chi connectivity index (χ2n) is 6.91. The number of unbranched alkanes of at least 4 members (excludes halogenated alkanes) is 1. The fourth-order valence-corrected chi connectivity index (χ4v) is 3.85. The van der Waals surface area contributed by atoms with E-state index in [0.29, 0.717) is 11.6 Å². The van der Waals surface area contributed by atoms with Gasteiger partial charge in [-0.1, -0.05) is 19.4 Å². The maximum absolute atomic E-state index is 12.4. The third-order valence-electron chi connectivity index (χ3n) is 4.67. The van der Waals surface area contributed by atoms with Crippen molar-refractivity contribution in [2.75, 3.05) is 17.3 Å². The molecule has 1 N–H and O–H groups in total. The van der Waals surface area contributed by atoms with Crippen LogP contribution in [0, 0.1) is 0 Å². The average Bonchev–Trinajstić information content (AvgIpc) is 3.11. The molecule has 0 saturated carbocycles. The van der Waals surface area contributed by atoms with Crippen LogP contribution in [-0.2, 0) is 15.0 Å². The smallest absolute Gasteiger partial charge is 0.236 e. The van der Waals surface area contributed by atoms with Crippen LogP contribution in [0.25, 0.3) is 11.3 Å². The highest BCUT2D eigenvalue weighted by Crippen LogP contribution is 2.42. The van der Waals surface area contributed by atoms with Crippen LogP contribution in [-0.4, -0.2) is 23.8 Å². The van der Waals surface area contributed by atoms with E-state index in [1.807, 2.05) is 44.5 Å². The zero-order chi connectivity index (χ0) is 18.2. The first kappa shape index (κ1) is 17.6. The Bertz CT molecular complexity index is 826. The fraction of sp³-hybridized carbons (Fsp3) is 0.421. The molecule has 0 saturated heterocycles. The normalized spacial score (nSPS) is 15.4. The number of carbonyl (C=O) groups is 2. The van der Waals surface area contributed by atoms with Crippen molar-refractivity contribution in [1.29, 1.82) is 0 Å². The number of fused-ring (bicyclic) bond motifs is 1. The summed E-state index contributed by atoms with van der Waals surface area (Å²) in [6.07, 6.45) is 2.40. The first-order valence-electron chi connectivity index (χ1n) is 8.53. The fourth-order valence-electron chi connectivity index (χ4n) is 3.12. The summed E-state index contributed by atoms with van der Waals surface area (Å²) in [6, 6.07) is 5.98. The minimum atomic E-state index is -0.534. The molecule has 0 radical (unpaired) electrons. The number of carbonyl (C=O) groups excluding carboxylic acids is 2. The van der Waals surface area contributed by atoms with Gasteiger partial charge in [-0.3, -0.25) is 9.59 Å². The third-order valence-corrected chi connectivity index (χ3v) is 5.43. The van der Waals surface area contributed by atoms with Crippen LogP contribution in [0.4, 0.5) is 10.8 Å². The van der Waals surface area contributed by atoms with Crippen molar-refractivity contribution >= 4 is 34.0 Å². The number of likely N-dealkylation sites (N-methyl/N-ethyl adjacent to an activating group) is 1. The Kier molecular flexibility index (Phi) is 4.64. The van der Waals surface area contributed by atoms with E-state index < -0.39 is 5.41 Å². The lowest BCUT2D eigenvalue weighted by atomic mass is 9.85. The van der Waals surface area contributed by atoms with Crippen LogP contribution < -0.4 is 10.2 Å². The molecule has 1 aliphatic heterocycles. The lowest BCUT2D eigenvalue weighted by molar-refractivity contribution is -0.121. The summed E-state index contributed by atoms with van der Waals surface area (Å²) in [4.78, 5) is 30.5. The lowest BCUT2D eigenvalue weighted by Gasteiger charge is -2.16. The van der Waals surface area contributed by atoms with Crippen molar-refractivity contribution in [3.8, 4) is 11.3 Å². The van der Waals surface area contributed by atoms with Gasteiger partial charge in [0.2, 0.25) is 11.8 Å². The van der Waals surface area contributed by atoms with E-state index in [9.17, 15) is 9.59 Å². The van der Waals surface area contributed by atoms with E-state index in [2.05, 4.69) is 17.2 Å². The molecular formula is C19H23N3O2S. The van der Waals surface area contributed by atoms with Crippen LogP contribution in [0.3, 0.4) is 0 Å². The Hall–Kier alpha value is -2.21. The molecule has 1 aromatic carbocycles. The molecular weight excluding hydrogens is 334 g/mol. The maximum atomic E-state index is 12.4. The SMILES string of the molecule is CCCCC(=O)Nc1nc(-c2ccc3c(c2)C(C)(C)C(=O)N3C)cs1. The molecule has 2 heterocycles. The molecule has 0 bridgehead atoms. The van der Waals surface area contributed by atoms with Gasteiger partial charge in [0.15, 0.2) is 5.13 Å². The lowest BCUT2D eigenvalue weighted by Crippen LogP contribution is -2.33. The highest BCUT2D eigenvalue weighted by Gasteiger charge is 2.42. The summed E-state index contributed by atoms with van der Waals surface area (Å²) in [7, 11) is 1.81. The van der Waals surface area contributed by atoms with Crippen molar-refractivity contribution in [2.24, 2.45) is 0 Å². The van der Waals surface area contributed by atoms with Gasteiger partial charge in [0.25, 0.3) is 0 Å². The summed E-state index contributed by atoms with van der Waals surface area (Å²) in [5.41, 5.74) is 3.20. The van der Waals surface area contributed by atoms with Gasteiger partial charge in [0.1, 0.15) is 0 Å². The van der Waals surface area contributed by atoms with Crippen molar-refractivity contribution in [1.82, 2.24) is 4.98 Å². The molecule has 0 aliphatic carbocycles. The van der Waals surface area contributed by atoms with Crippen LogP contribution in [0.2, 0.25) is 0 Å². The molecule has 0 fully saturated rings. The Morgan fingerprint density at radius 2 is 2.12 bits per heavy atom. The van der Waals surface area contributed by atoms with E-state index in [-0.39, 0.29) is 11.8 Å². The maximum Gasteiger partial charge on any atom is 0.236 e. The van der Waals surface area contributed by atoms with Crippen LogP contribution >= 0.6 is 11.3 Å². The van der Waals surface area contributed by atoms with Gasteiger partial charge in [-0.25, -0.2) is 4.98 Å². The first-order valence-corrected chi connectivity index (χ1v) is 9.41. The van der Waals surface area contributed by atoms with Gasteiger partial charge in [-0.05, 0) is 38.0 Å². The van der Waals surface area contributed by atoms with E-state index in [1.54, 1.807) is 4.90 Å². The molecule has 1 aromatic heterocycles. The third kappa shape index (κ3) is 3.18. The van der Waals surface area contributed by atoms with E-state index in [0.717, 1.165) is 35.3 Å². The molecule has 2 aromatic rings. The zero-order valence-electron chi connectivity index (χ0n) is 15.0. The Morgan fingerprint density at radius 1 is 1.36 bits per heavy atom. The highest BCUT2D eigenvalue weighted by atomic mass is 32.1. The van der Waals surface area contributed by atoms with Gasteiger partial charge in [0.05, 0.1) is 11.1 Å². The largest absolute Gasteiger partial charge is 0.314 e. The highest BCUT2D eigenvalue weighted by molar-refractivity contribution is 7.14. The summed E-state index contributed by atoms with van der Waals surface area (Å²) in [6.45, 7) is 5.95. The Labute approximate surface area is 152 Å². The Balaban J connectivity index is 1.84. The number of anilines is 2. The zero-order valence-corrected chi connectivity index (χ0v) is 15.9. The average molecular weight is 357 g/mol. The minimum Gasteiger partial charge on any atom is -0.314 e. The summed E-state index contributed by atoms with van der Waals surface area (Å²) in [5, 5.41) is 5.41. The van der Waals surface area contributed by atoms with E-state index in [4.69, 9.17) is 0 Å². The monoisotopic (exact) mass is 357 g/mol. The van der Waals surface area contributed by atoms with Crippen LogP contribution in [0.5, 0.6) is 0 Å². The molecule has 0 spiro atoms. The van der Waals surface area contributed by atoms with Crippen molar-refractivity contribution < 1.29 is 9.59 Å². The molecule has 0 atom stereocenters. The Morgan fingerprint density at radius 3 is 2.84 bits per heavy atom. The summed E-state index contributed by atoms with van der Waals surface area (Å²) < 4.78 is 0. The topological polar surface area (TPSA) is 62.3 Å². The van der Waals surface area contributed by atoms with Crippen molar-refractivity contribution in [3.63, 3.8) is 0 Å². The molecule has 2 amide bonds. The van der Waals surface area contributed by atoms with Crippen LogP contribution in [0.1, 0.15) is 45.6 Å². The molecule has 3 rings (SSSR count). The predicted octanol–water partition coefficient (Wildman–Crippen LogP) is 4.19. The second-order valence-corrected chi connectivity index (χ2v) is 7.77. The van der Waals surface area contributed by atoms with E-state index in [1.165, 1.54) is 11.3 Å². The standard InChI is InChI=1S/C19H23N3O2S/c1-5-6-7-16(23)21-18-20-14(11-25-18)12-8-9-15-13(10-12)19(2,3)17(24)22(15)4/h8-11H,5-7H2,1-4H3,(H,20,21,23). The molecule has 6 heteroatoms. The van der Waals surface area contributed by atoms with Gasteiger partial charge >= 0.3 is 0 Å². The molecule has 25 heavy (non-hydrogen) atoms. The second kappa shape index (κ2) is 6.59. The number of thiazole rings is 1. The van der Waals surface area contributed by atoms with Crippen molar-refractivity contribution in [2.45, 2.75) is 45.4 Å². The van der Waals surface area contributed by atoms with Crippen LogP contribution in [0.15, 0.2) is 23.6 Å². The number of hydrogen-bond donors (Lipinski definition) is 1. The quantitative estimate of drug-likeness (QED) is 0.872.